The van der Waals surface area contributed by atoms with Gasteiger partial charge < -0.3 is 15.0 Å². The van der Waals surface area contributed by atoms with Crippen LogP contribution >= 0.6 is 11.6 Å². The average Bonchev–Trinajstić information content (AvgIpc) is 3.32. The Morgan fingerprint density at radius 3 is 2.55 bits per heavy atom. The zero-order chi connectivity index (χ0) is 29.6. The van der Waals surface area contributed by atoms with Crippen molar-refractivity contribution in [3.05, 3.63) is 106 Å². The van der Waals surface area contributed by atoms with Crippen LogP contribution in [-0.4, -0.2) is 54.8 Å². The molecule has 218 valence electrons. The summed E-state index contributed by atoms with van der Waals surface area (Å²) in [5.74, 6) is -0.0717. The number of halogens is 3. The number of rotatable bonds is 11. The summed E-state index contributed by atoms with van der Waals surface area (Å²) >= 11 is 6.63. The number of aromatic nitrogens is 2. The average molecular weight is 591 g/mol. The summed E-state index contributed by atoms with van der Waals surface area (Å²) in [5, 5.41) is 10.4. The number of carbonyl (C=O) groups is 1. The second-order valence-corrected chi connectivity index (χ2v) is 10.9. The number of nitrogens with zero attached hydrogens (tertiary/aromatic N) is 2. The molecule has 1 fully saturated rings. The number of allylic oxidation sites excluding steroid dienone is 1. The smallest absolute Gasteiger partial charge is 0.245 e. The van der Waals surface area contributed by atoms with Gasteiger partial charge in [0.05, 0.1) is 15.9 Å². The highest BCUT2D eigenvalue weighted by Crippen LogP contribution is 2.47. The van der Waals surface area contributed by atoms with Gasteiger partial charge in [0.15, 0.2) is 0 Å². The summed E-state index contributed by atoms with van der Waals surface area (Å²) in [7, 11) is 3.42. The fourth-order valence-electron chi connectivity index (χ4n) is 5.03. The number of hydrogen-bond donors (Lipinski definition) is 2. The van der Waals surface area contributed by atoms with Gasteiger partial charge in [0, 0.05) is 33.3 Å². The Kier molecular flexibility index (Phi) is 9.35. The molecule has 0 atom stereocenters. The van der Waals surface area contributed by atoms with E-state index in [0.29, 0.717) is 41.4 Å². The molecule has 42 heavy (non-hydrogen) atoms. The summed E-state index contributed by atoms with van der Waals surface area (Å²) in [4.78, 5) is 13.1. The predicted molar refractivity (Wildman–Crippen MR) is 163 cm³/mol. The lowest BCUT2D eigenvalue weighted by Gasteiger charge is -2.32. The summed E-state index contributed by atoms with van der Waals surface area (Å²) in [6.07, 6.45) is 6.39. The van der Waals surface area contributed by atoms with Gasteiger partial charge in [-0.05, 0) is 83.0 Å². The number of hydrogen-bond acceptors (Lipinski definition) is 4. The van der Waals surface area contributed by atoms with E-state index in [1.807, 2.05) is 36.4 Å². The van der Waals surface area contributed by atoms with Crippen molar-refractivity contribution in [3.8, 4) is 5.75 Å². The molecule has 0 spiro atoms. The standard InChI is InChI=1S/C33H33ClF2N4O2/c1-40(2)30(41)7-4-16-37-17-18-42-25-12-8-22(9-13-25)31(23-10-15-29-27(19-23)33(36)39-38-29)32(21-5-3-6-21)26-14-11-24(35)20-28(26)34/h4,7-15,19-21,37H,3,5-6,16-18H2,1-2H3,(H,38,39)/b7-4+,32-31+. The highest BCUT2D eigenvalue weighted by Gasteiger charge is 2.29. The minimum Gasteiger partial charge on any atom is -0.492 e. The minimum atomic E-state index is -0.562. The van der Waals surface area contributed by atoms with Gasteiger partial charge in [0.2, 0.25) is 11.9 Å². The van der Waals surface area contributed by atoms with Gasteiger partial charge in [-0.25, -0.2) is 4.39 Å². The lowest BCUT2D eigenvalue weighted by Crippen LogP contribution is -2.22. The maximum Gasteiger partial charge on any atom is 0.245 e. The van der Waals surface area contributed by atoms with Gasteiger partial charge in [0.25, 0.3) is 0 Å². The van der Waals surface area contributed by atoms with E-state index in [9.17, 15) is 13.6 Å². The van der Waals surface area contributed by atoms with E-state index in [2.05, 4.69) is 15.5 Å². The molecule has 0 unspecified atom stereocenters. The van der Waals surface area contributed by atoms with Gasteiger partial charge in [-0.1, -0.05) is 48.4 Å². The molecule has 9 heteroatoms. The fraction of sp³-hybridized carbons (Fsp3) is 0.273. The van der Waals surface area contributed by atoms with E-state index in [1.54, 1.807) is 32.3 Å². The second kappa shape index (κ2) is 13.3. The Morgan fingerprint density at radius 2 is 1.86 bits per heavy atom. The van der Waals surface area contributed by atoms with Crippen molar-refractivity contribution in [1.82, 2.24) is 20.4 Å². The van der Waals surface area contributed by atoms with Crippen molar-refractivity contribution >= 4 is 39.6 Å². The van der Waals surface area contributed by atoms with Crippen LogP contribution in [0.15, 0.2) is 72.8 Å². The molecule has 1 aromatic heterocycles. The first-order valence-corrected chi connectivity index (χ1v) is 14.3. The molecule has 0 aliphatic heterocycles. The number of aromatic amines is 1. The summed E-state index contributed by atoms with van der Waals surface area (Å²) in [6.45, 7) is 1.62. The molecular weight excluding hydrogens is 558 g/mol. The van der Waals surface area contributed by atoms with Crippen LogP contribution in [0.2, 0.25) is 5.02 Å². The van der Waals surface area contributed by atoms with Crippen molar-refractivity contribution in [2.24, 2.45) is 5.92 Å². The zero-order valence-corrected chi connectivity index (χ0v) is 24.3. The highest BCUT2D eigenvalue weighted by molar-refractivity contribution is 6.32. The van der Waals surface area contributed by atoms with Crippen LogP contribution in [0.3, 0.4) is 0 Å². The normalized spacial score (nSPS) is 14.2. The maximum absolute atomic E-state index is 14.5. The molecule has 0 saturated heterocycles. The minimum absolute atomic E-state index is 0.0569. The molecule has 6 nitrogen and oxygen atoms in total. The molecule has 1 saturated carbocycles. The van der Waals surface area contributed by atoms with Gasteiger partial charge in [-0.3, -0.25) is 9.89 Å². The molecule has 0 radical (unpaired) electrons. The highest BCUT2D eigenvalue weighted by atomic mass is 35.5. The van der Waals surface area contributed by atoms with E-state index in [-0.39, 0.29) is 11.8 Å². The van der Waals surface area contributed by atoms with Gasteiger partial charge >= 0.3 is 0 Å². The Morgan fingerprint density at radius 1 is 1.10 bits per heavy atom. The first kappa shape index (κ1) is 29.5. The third-order valence-electron chi connectivity index (χ3n) is 7.46. The lowest BCUT2D eigenvalue weighted by atomic mass is 9.73. The second-order valence-electron chi connectivity index (χ2n) is 10.5. The van der Waals surface area contributed by atoms with Crippen LogP contribution in [0.1, 0.15) is 36.0 Å². The van der Waals surface area contributed by atoms with E-state index in [4.69, 9.17) is 16.3 Å². The van der Waals surface area contributed by atoms with Crippen LogP contribution in [0.4, 0.5) is 8.78 Å². The van der Waals surface area contributed by atoms with Crippen LogP contribution in [0, 0.1) is 17.7 Å². The number of likely N-dealkylation sites (N-methyl/N-ethyl adjacent to an activating group) is 1. The van der Waals surface area contributed by atoms with E-state index in [1.165, 1.54) is 23.1 Å². The van der Waals surface area contributed by atoms with Gasteiger partial charge in [0.1, 0.15) is 18.2 Å². The summed E-state index contributed by atoms with van der Waals surface area (Å²) in [5.41, 5.74) is 5.07. The van der Waals surface area contributed by atoms with Crippen molar-refractivity contribution in [2.45, 2.75) is 19.3 Å². The predicted octanol–water partition coefficient (Wildman–Crippen LogP) is 6.87. The van der Waals surface area contributed by atoms with Crippen LogP contribution in [-0.2, 0) is 4.79 Å². The molecule has 5 rings (SSSR count). The monoisotopic (exact) mass is 590 g/mol. The molecular formula is C33H33ClF2N4O2. The molecule has 1 aliphatic carbocycles. The van der Waals surface area contributed by atoms with Crippen LogP contribution in [0.5, 0.6) is 5.75 Å². The number of carbonyl (C=O) groups excluding carboxylic acids is 1. The van der Waals surface area contributed by atoms with Gasteiger partial charge in [-0.2, -0.15) is 4.39 Å². The summed E-state index contributed by atoms with van der Waals surface area (Å²) in [6, 6.07) is 17.9. The fourth-order valence-corrected chi connectivity index (χ4v) is 5.30. The number of benzene rings is 3. The lowest BCUT2D eigenvalue weighted by molar-refractivity contribution is -0.123. The largest absolute Gasteiger partial charge is 0.492 e. The van der Waals surface area contributed by atoms with Crippen molar-refractivity contribution in [2.75, 3.05) is 33.8 Å². The Bertz CT molecular complexity index is 1630. The van der Waals surface area contributed by atoms with E-state index in [0.717, 1.165) is 47.1 Å². The molecule has 1 aliphatic rings. The molecule has 1 heterocycles. The van der Waals surface area contributed by atoms with Crippen molar-refractivity contribution in [3.63, 3.8) is 0 Å². The Labute approximate surface area is 249 Å². The SMILES string of the molecule is CN(C)C(=O)/C=C/CNCCOc1ccc(/C(=C(\c2ccc(F)cc2Cl)C2CCC2)c2ccc3[nH]nc(F)c3c2)cc1. The zero-order valence-electron chi connectivity index (χ0n) is 23.6. The Hall–Kier alpha value is -4.01. The van der Waals surface area contributed by atoms with E-state index < -0.39 is 11.8 Å². The number of amides is 1. The Balaban J connectivity index is 1.43. The third kappa shape index (κ3) is 6.72. The quantitative estimate of drug-likeness (QED) is 0.114. The summed E-state index contributed by atoms with van der Waals surface area (Å²) < 4.78 is 34.5. The molecule has 1 amide bonds. The number of H-pyrrole nitrogens is 1. The molecule has 2 N–H and O–H groups in total. The van der Waals surface area contributed by atoms with E-state index >= 15 is 0 Å². The molecule has 0 bridgehead atoms. The number of nitrogens with one attached hydrogen (secondary N) is 2. The number of fused-ring (bicyclic) bond motifs is 1. The number of ether oxygens (including phenoxy) is 1. The molecule has 3 aromatic carbocycles. The van der Waals surface area contributed by atoms with Crippen LogP contribution < -0.4 is 10.1 Å². The van der Waals surface area contributed by atoms with Crippen molar-refractivity contribution in [1.29, 1.82) is 0 Å². The van der Waals surface area contributed by atoms with Crippen LogP contribution in [0.25, 0.3) is 22.0 Å². The first-order chi connectivity index (χ1) is 20.3. The van der Waals surface area contributed by atoms with Gasteiger partial charge in [-0.15, -0.1) is 5.10 Å². The molecule has 4 aromatic rings. The third-order valence-corrected chi connectivity index (χ3v) is 7.78. The maximum atomic E-state index is 14.5. The van der Waals surface area contributed by atoms with Crippen molar-refractivity contribution < 1.29 is 18.3 Å². The first-order valence-electron chi connectivity index (χ1n) is 14.0. The topological polar surface area (TPSA) is 70.2 Å².